The Balaban J connectivity index is 1.57. The molecule has 2 aromatic rings. The van der Waals surface area contributed by atoms with Crippen molar-refractivity contribution in [1.29, 1.82) is 0 Å². The molecule has 0 aromatic heterocycles. The second-order valence-electron chi connectivity index (χ2n) is 6.12. The van der Waals surface area contributed by atoms with Crippen molar-refractivity contribution in [3.8, 4) is 5.75 Å². The van der Waals surface area contributed by atoms with E-state index in [0.717, 1.165) is 38.4 Å². The van der Waals surface area contributed by atoms with E-state index in [9.17, 15) is 4.79 Å². The number of carbonyl (C=O) groups is 1. The minimum atomic E-state index is -0.0996. The molecule has 0 unspecified atom stereocenters. The first-order valence-corrected chi connectivity index (χ1v) is 8.55. The van der Waals surface area contributed by atoms with Gasteiger partial charge in [-0.15, -0.1) is 0 Å². The molecule has 3 rings (SSSR count). The van der Waals surface area contributed by atoms with E-state index in [-0.39, 0.29) is 5.91 Å². The molecule has 5 nitrogen and oxygen atoms in total. The van der Waals surface area contributed by atoms with E-state index in [0.29, 0.717) is 17.9 Å². The third-order valence-electron chi connectivity index (χ3n) is 4.29. The standard InChI is InChI=1S/C20H24N2O3/c1-24-19-7-3-6-18(13-19)20(23)21-14-16-4-2-5-17(12-16)15-22-8-10-25-11-9-22/h2-7,12-13H,8-11,14-15H2,1H3,(H,21,23). The molecule has 1 aliphatic heterocycles. The molecule has 1 fully saturated rings. The van der Waals surface area contributed by atoms with Crippen molar-refractivity contribution in [2.45, 2.75) is 13.1 Å². The summed E-state index contributed by atoms with van der Waals surface area (Å²) in [6, 6.07) is 15.5. The van der Waals surface area contributed by atoms with Crippen LogP contribution in [0.25, 0.3) is 0 Å². The summed E-state index contributed by atoms with van der Waals surface area (Å²) in [6.45, 7) is 4.97. The van der Waals surface area contributed by atoms with Crippen molar-refractivity contribution in [3.05, 3.63) is 65.2 Å². The third kappa shape index (κ3) is 5.05. The van der Waals surface area contributed by atoms with E-state index in [1.54, 1.807) is 19.2 Å². The summed E-state index contributed by atoms with van der Waals surface area (Å²) in [5, 5.41) is 2.97. The van der Waals surface area contributed by atoms with Gasteiger partial charge in [0.25, 0.3) is 5.91 Å². The first-order valence-electron chi connectivity index (χ1n) is 8.55. The number of benzene rings is 2. The number of morpholine rings is 1. The summed E-state index contributed by atoms with van der Waals surface area (Å²) in [5.41, 5.74) is 2.96. The van der Waals surface area contributed by atoms with Gasteiger partial charge in [0.1, 0.15) is 5.75 Å². The molecule has 25 heavy (non-hydrogen) atoms. The topological polar surface area (TPSA) is 50.8 Å². The average molecular weight is 340 g/mol. The summed E-state index contributed by atoms with van der Waals surface area (Å²) >= 11 is 0. The van der Waals surface area contributed by atoms with Crippen molar-refractivity contribution in [2.75, 3.05) is 33.4 Å². The van der Waals surface area contributed by atoms with Gasteiger partial charge in [0.05, 0.1) is 20.3 Å². The van der Waals surface area contributed by atoms with E-state index in [1.807, 2.05) is 24.3 Å². The van der Waals surface area contributed by atoms with Crippen LogP contribution in [0.3, 0.4) is 0 Å². The largest absolute Gasteiger partial charge is 0.497 e. The Bertz CT molecular complexity index is 712. The molecular formula is C20H24N2O3. The number of hydrogen-bond acceptors (Lipinski definition) is 4. The molecule has 1 N–H and O–H groups in total. The van der Waals surface area contributed by atoms with Crippen LogP contribution in [0.4, 0.5) is 0 Å². The van der Waals surface area contributed by atoms with Crippen molar-refractivity contribution in [1.82, 2.24) is 10.2 Å². The minimum Gasteiger partial charge on any atom is -0.497 e. The van der Waals surface area contributed by atoms with Gasteiger partial charge in [-0.1, -0.05) is 30.3 Å². The number of nitrogens with zero attached hydrogens (tertiary/aromatic N) is 1. The maximum atomic E-state index is 12.3. The highest BCUT2D eigenvalue weighted by Gasteiger charge is 2.11. The molecular weight excluding hydrogens is 316 g/mol. The zero-order valence-electron chi connectivity index (χ0n) is 14.5. The molecule has 1 aliphatic rings. The number of rotatable bonds is 6. The van der Waals surface area contributed by atoms with Crippen LogP contribution < -0.4 is 10.1 Å². The molecule has 0 saturated carbocycles. The van der Waals surface area contributed by atoms with Crippen LogP contribution in [-0.2, 0) is 17.8 Å². The van der Waals surface area contributed by atoms with Gasteiger partial charge in [-0.3, -0.25) is 9.69 Å². The SMILES string of the molecule is COc1cccc(C(=O)NCc2cccc(CN3CCOCC3)c2)c1. The van der Waals surface area contributed by atoms with Gasteiger partial charge in [0, 0.05) is 31.7 Å². The van der Waals surface area contributed by atoms with Gasteiger partial charge in [0.2, 0.25) is 0 Å². The number of ether oxygens (including phenoxy) is 2. The number of nitrogens with one attached hydrogen (secondary N) is 1. The van der Waals surface area contributed by atoms with Gasteiger partial charge in [0.15, 0.2) is 0 Å². The Morgan fingerprint density at radius 3 is 2.68 bits per heavy atom. The molecule has 0 atom stereocenters. The highest BCUT2D eigenvalue weighted by Crippen LogP contribution is 2.13. The maximum Gasteiger partial charge on any atom is 0.251 e. The molecule has 1 amide bonds. The number of amides is 1. The molecule has 0 bridgehead atoms. The van der Waals surface area contributed by atoms with E-state index >= 15 is 0 Å². The molecule has 0 spiro atoms. The molecule has 0 radical (unpaired) electrons. The summed E-state index contributed by atoms with van der Waals surface area (Å²) in [5.74, 6) is 0.581. The maximum absolute atomic E-state index is 12.3. The van der Waals surface area contributed by atoms with Crippen LogP contribution in [0.2, 0.25) is 0 Å². The Hall–Kier alpha value is -2.37. The van der Waals surface area contributed by atoms with Crippen LogP contribution in [0, 0.1) is 0 Å². The van der Waals surface area contributed by atoms with Gasteiger partial charge >= 0.3 is 0 Å². The number of methoxy groups -OCH3 is 1. The molecule has 2 aromatic carbocycles. The molecule has 1 heterocycles. The Labute approximate surface area is 148 Å². The van der Waals surface area contributed by atoms with Crippen molar-refractivity contribution in [3.63, 3.8) is 0 Å². The highest BCUT2D eigenvalue weighted by atomic mass is 16.5. The minimum absolute atomic E-state index is 0.0996. The lowest BCUT2D eigenvalue weighted by Crippen LogP contribution is -2.35. The second kappa shape index (κ2) is 8.65. The zero-order valence-corrected chi connectivity index (χ0v) is 14.5. The van der Waals surface area contributed by atoms with Crippen LogP contribution in [-0.4, -0.2) is 44.2 Å². The zero-order chi connectivity index (χ0) is 17.5. The first kappa shape index (κ1) is 17.5. The number of carbonyl (C=O) groups excluding carboxylic acids is 1. The molecule has 0 aliphatic carbocycles. The normalized spacial score (nSPS) is 14.9. The highest BCUT2D eigenvalue weighted by molar-refractivity contribution is 5.94. The Morgan fingerprint density at radius 1 is 1.12 bits per heavy atom. The Kier molecular flexibility index (Phi) is 6.04. The van der Waals surface area contributed by atoms with Crippen LogP contribution in [0.1, 0.15) is 21.5 Å². The van der Waals surface area contributed by atoms with Crippen molar-refractivity contribution >= 4 is 5.91 Å². The Morgan fingerprint density at radius 2 is 1.88 bits per heavy atom. The van der Waals surface area contributed by atoms with Gasteiger partial charge in [-0.05, 0) is 29.3 Å². The van der Waals surface area contributed by atoms with Crippen molar-refractivity contribution < 1.29 is 14.3 Å². The summed E-state index contributed by atoms with van der Waals surface area (Å²) in [6.07, 6.45) is 0. The van der Waals surface area contributed by atoms with Crippen LogP contribution in [0.5, 0.6) is 5.75 Å². The third-order valence-corrected chi connectivity index (χ3v) is 4.29. The lowest BCUT2D eigenvalue weighted by molar-refractivity contribution is 0.0342. The summed E-state index contributed by atoms with van der Waals surface area (Å²) in [4.78, 5) is 14.7. The summed E-state index contributed by atoms with van der Waals surface area (Å²) < 4.78 is 10.5. The first-order chi connectivity index (χ1) is 12.2. The fourth-order valence-electron chi connectivity index (χ4n) is 2.90. The van der Waals surface area contributed by atoms with Gasteiger partial charge in [-0.25, -0.2) is 0 Å². The molecule has 5 heteroatoms. The van der Waals surface area contributed by atoms with E-state index < -0.39 is 0 Å². The van der Waals surface area contributed by atoms with Crippen LogP contribution in [0.15, 0.2) is 48.5 Å². The average Bonchev–Trinajstić information content (AvgIpc) is 2.67. The monoisotopic (exact) mass is 340 g/mol. The van der Waals surface area contributed by atoms with Gasteiger partial charge < -0.3 is 14.8 Å². The summed E-state index contributed by atoms with van der Waals surface area (Å²) in [7, 11) is 1.59. The smallest absolute Gasteiger partial charge is 0.251 e. The van der Waals surface area contributed by atoms with Crippen LogP contribution >= 0.6 is 0 Å². The fraction of sp³-hybridized carbons (Fsp3) is 0.350. The number of hydrogen-bond donors (Lipinski definition) is 1. The van der Waals surface area contributed by atoms with E-state index in [2.05, 4.69) is 22.3 Å². The quantitative estimate of drug-likeness (QED) is 0.878. The lowest BCUT2D eigenvalue weighted by atomic mass is 10.1. The van der Waals surface area contributed by atoms with E-state index in [1.165, 1.54) is 5.56 Å². The fourth-order valence-corrected chi connectivity index (χ4v) is 2.90. The van der Waals surface area contributed by atoms with Crippen molar-refractivity contribution in [2.24, 2.45) is 0 Å². The predicted molar refractivity (Wildman–Crippen MR) is 96.7 cm³/mol. The van der Waals surface area contributed by atoms with E-state index in [4.69, 9.17) is 9.47 Å². The predicted octanol–water partition coefficient (Wildman–Crippen LogP) is 2.46. The lowest BCUT2D eigenvalue weighted by Gasteiger charge is -2.26. The molecule has 132 valence electrons. The van der Waals surface area contributed by atoms with Gasteiger partial charge in [-0.2, -0.15) is 0 Å². The molecule has 1 saturated heterocycles. The second-order valence-corrected chi connectivity index (χ2v) is 6.12.